The summed E-state index contributed by atoms with van der Waals surface area (Å²) < 4.78 is -1.87. The first-order valence-electron chi connectivity index (χ1n) is 9.90. The minimum atomic E-state index is -1.87. The predicted molar refractivity (Wildman–Crippen MR) is 140 cm³/mol. The number of nitrogens with one attached hydrogen (secondary N) is 4. The number of benzene rings is 3. The van der Waals surface area contributed by atoms with Crippen molar-refractivity contribution in [2.24, 2.45) is 0 Å². The van der Waals surface area contributed by atoms with Crippen LogP contribution >= 0.6 is 47.0 Å². The molecule has 3 aromatic carbocycles. The van der Waals surface area contributed by atoms with E-state index in [4.69, 9.17) is 47.0 Å². The first kappa shape index (κ1) is 25.1. The van der Waals surface area contributed by atoms with Gasteiger partial charge in [0.05, 0.1) is 6.42 Å². The van der Waals surface area contributed by atoms with Crippen molar-refractivity contribution in [1.29, 1.82) is 0 Å². The number of amides is 2. The molecule has 10 heteroatoms. The third kappa shape index (κ3) is 7.47. The maximum atomic E-state index is 12.8. The van der Waals surface area contributed by atoms with Crippen molar-refractivity contribution in [3.05, 3.63) is 72.3 Å². The van der Waals surface area contributed by atoms with Crippen LogP contribution in [0.1, 0.15) is 12.5 Å². The summed E-state index contributed by atoms with van der Waals surface area (Å²) in [5.41, 5.74) is 2.15. The highest BCUT2D eigenvalue weighted by Crippen LogP contribution is 2.29. The van der Waals surface area contributed by atoms with Crippen LogP contribution < -0.4 is 21.3 Å². The molecule has 3 rings (SSSR count). The molecule has 0 radical (unpaired) electrons. The molecule has 0 heterocycles. The second-order valence-electron chi connectivity index (χ2n) is 7.21. The molecule has 3 aromatic rings. The molecule has 0 aliphatic carbocycles. The Hall–Kier alpha value is -2.58. The lowest BCUT2D eigenvalue weighted by atomic mass is 10.0. The Morgan fingerprint density at radius 3 is 2.12 bits per heavy atom. The first-order chi connectivity index (χ1) is 15.6. The number of alkyl halides is 3. The standard InChI is InChI=1S/C23H21Cl3N4O2S/c1-14(31)27-17-9-11-18(12-10-17)28-22(33)30-21(23(24,25)26)29-20(32)13-16-7-4-6-15-5-2-3-8-19(15)16/h2-12,21H,13H2,1H3,(H,27,31)(H,29,32)(H2,28,30,33)/t21-/m0/s1. The van der Waals surface area contributed by atoms with Gasteiger partial charge in [-0.3, -0.25) is 9.59 Å². The van der Waals surface area contributed by atoms with E-state index < -0.39 is 9.96 Å². The molecule has 0 aromatic heterocycles. The lowest BCUT2D eigenvalue weighted by Crippen LogP contribution is -2.56. The fraction of sp³-hybridized carbons (Fsp3) is 0.174. The van der Waals surface area contributed by atoms with Gasteiger partial charge in [-0.05, 0) is 52.8 Å². The van der Waals surface area contributed by atoms with Crippen LogP contribution in [0.2, 0.25) is 0 Å². The molecule has 0 spiro atoms. The average molecular weight is 524 g/mol. The van der Waals surface area contributed by atoms with Crippen molar-refractivity contribution in [2.75, 3.05) is 10.6 Å². The Kier molecular flexibility index (Phi) is 8.37. The summed E-state index contributed by atoms with van der Waals surface area (Å²) in [6, 6.07) is 20.4. The van der Waals surface area contributed by atoms with E-state index in [1.807, 2.05) is 42.5 Å². The Morgan fingerprint density at radius 1 is 0.879 bits per heavy atom. The number of halogens is 3. The smallest absolute Gasteiger partial charge is 0.228 e. The fourth-order valence-corrected chi connectivity index (χ4v) is 3.73. The highest BCUT2D eigenvalue weighted by molar-refractivity contribution is 7.80. The van der Waals surface area contributed by atoms with Gasteiger partial charge in [0.15, 0.2) is 5.11 Å². The number of carbonyl (C=O) groups is 2. The summed E-state index contributed by atoms with van der Waals surface area (Å²) in [4.78, 5) is 23.9. The Morgan fingerprint density at radius 2 is 1.48 bits per heavy atom. The lowest BCUT2D eigenvalue weighted by molar-refractivity contribution is -0.121. The number of thiocarbonyl (C=S) groups is 1. The minimum absolute atomic E-state index is 0.102. The van der Waals surface area contributed by atoms with Gasteiger partial charge in [-0.2, -0.15) is 0 Å². The van der Waals surface area contributed by atoms with Crippen molar-refractivity contribution >= 4 is 86.1 Å². The van der Waals surface area contributed by atoms with E-state index in [-0.39, 0.29) is 23.3 Å². The second-order valence-corrected chi connectivity index (χ2v) is 9.99. The van der Waals surface area contributed by atoms with E-state index in [9.17, 15) is 9.59 Å². The van der Waals surface area contributed by atoms with Crippen LogP contribution in [0.25, 0.3) is 10.8 Å². The number of fused-ring (bicyclic) bond motifs is 1. The van der Waals surface area contributed by atoms with Gasteiger partial charge in [0.2, 0.25) is 15.6 Å². The molecular weight excluding hydrogens is 503 g/mol. The average Bonchev–Trinajstić information content (AvgIpc) is 2.74. The van der Waals surface area contributed by atoms with Crippen LogP contribution in [-0.4, -0.2) is 26.9 Å². The monoisotopic (exact) mass is 522 g/mol. The van der Waals surface area contributed by atoms with Crippen LogP contribution in [0.3, 0.4) is 0 Å². The summed E-state index contributed by atoms with van der Waals surface area (Å²) in [5.74, 6) is -0.504. The first-order valence-corrected chi connectivity index (χ1v) is 11.4. The van der Waals surface area contributed by atoms with E-state index in [0.29, 0.717) is 11.4 Å². The maximum absolute atomic E-state index is 12.8. The van der Waals surface area contributed by atoms with Crippen molar-refractivity contribution < 1.29 is 9.59 Å². The molecule has 0 bridgehead atoms. The number of hydrogen-bond acceptors (Lipinski definition) is 3. The highest BCUT2D eigenvalue weighted by atomic mass is 35.6. The molecule has 0 saturated carbocycles. The largest absolute Gasteiger partial charge is 0.339 e. The van der Waals surface area contributed by atoms with Gasteiger partial charge in [0.1, 0.15) is 6.17 Å². The maximum Gasteiger partial charge on any atom is 0.228 e. The Bertz CT molecular complexity index is 1160. The van der Waals surface area contributed by atoms with Crippen molar-refractivity contribution in [3.8, 4) is 0 Å². The molecule has 0 saturated heterocycles. The third-order valence-electron chi connectivity index (χ3n) is 4.60. The molecule has 0 unspecified atom stereocenters. The summed E-state index contributed by atoms with van der Waals surface area (Å²) in [6.07, 6.45) is -0.978. The SMILES string of the molecule is CC(=O)Nc1ccc(NC(=S)N[C@H](NC(=O)Cc2cccc3ccccc23)C(Cl)(Cl)Cl)cc1. The van der Waals surface area contributed by atoms with Gasteiger partial charge in [0, 0.05) is 18.3 Å². The van der Waals surface area contributed by atoms with E-state index in [2.05, 4.69) is 21.3 Å². The zero-order chi connectivity index (χ0) is 24.0. The summed E-state index contributed by atoms with van der Waals surface area (Å²) in [7, 11) is 0. The van der Waals surface area contributed by atoms with Crippen molar-refractivity contribution in [3.63, 3.8) is 0 Å². The highest BCUT2D eigenvalue weighted by Gasteiger charge is 2.34. The van der Waals surface area contributed by atoms with Gasteiger partial charge < -0.3 is 21.3 Å². The van der Waals surface area contributed by atoms with Gasteiger partial charge >= 0.3 is 0 Å². The van der Waals surface area contributed by atoms with Gasteiger partial charge in [-0.25, -0.2) is 0 Å². The minimum Gasteiger partial charge on any atom is -0.339 e. The summed E-state index contributed by atoms with van der Waals surface area (Å²) >= 11 is 23.6. The van der Waals surface area contributed by atoms with Crippen molar-refractivity contribution in [1.82, 2.24) is 10.6 Å². The number of anilines is 2. The van der Waals surface area contributed by atoms with Crippen LogP contribution in [-0.2, 0) is 16.0 Å². The molecule has 33 heavy (non-hydrogen) atoms. The lowest BCUT2D eigenvalue weighted by Gasteiger charge is -2.28. The zero-order valence-corrected chi connectivity index (χ0v) is 20.6. The van der Waals surface area contributed by atoms with Gasteiger partial charge in [0.25, 0.3) is 0 Å². The molecule has 1 atom stereocenters. The number of carbonyl (C=O) groups excluding carboxylic acids is 2. The molecular formula is C23H21Cl3N4O2S. The van der Waals surface area contributed by atoms with Crippen molar-refractivity contribution in [2.45, 2.75) is 23.3 Å². The molecule has 0 aliphatic heterocycles. The Balaban J connectivity index is 1.64. The Labute approximate surface area is 212 Å². The molecule has 0 aliphatic rings. The fourth-order valence-electron chi connectivity index (χ4n) is 3.17. The topological polar surface area (TPSA) is 82.3 Å². The summed E-state index contributed by atoms with van der Waals surface area (Å²) in [5, 5.41) is 13.3. The van der Waals surface area contributed by atoms with Crippen LogP contribution in [0.15, 0.2) is 66.7 Å². The quantitative estimate of drug-likeness (QED) is 0.204. The van der Waals surface area contributed by atoms with E-state index in [1.165, 1.54) is 6.92 Å². The molecule has 172 valence electrons. The van der Waals surface area contributed by atoms with Gasteiger partial charge in [-0.1, -0.05) is 77.3 Å². The zero-order valence-electron chi connectivity index (χ0n) is 17.5. The second kappa shape index (κ2) is 11.0. The van der Waals surface area contributed by atoms with Crippen LogP contribution in [0, 0.1) is 0 Å². The number of hydrogen-bond donors (Lipinski definition) is 4. The normalized spacial score (nSPS) is 12.0. The van der Waals surface area contributed by atoms with E-state index >= 15 is 0 Å². The third-order valence-corrected chi connectivity index (χ3v) is 5.48. The number of rotatable bonds is 6. The van der Waals surface area contributed by atoms with Crippen LogP contribution in [0.5, 0.6) is 0 Å². The molecule has 0 fully saturated rings. The molecule has 2 amide bonds. The predicted octanol–water partition coefficient (Wildman–Crippen LogP) is 5.14. The van der Waals surface area contributed by atoms with E-state index in [0.717, 1.165) is 16.3 Å². The van der Waals surface area contributed by atoms with E-state index in [1.54, 1.807) is 24.3 Å². The summed E-state index contributed by atoms with van der Waals surface area (Å²) in [6.45, 7) is 1.43. The van der Waals surface area contributed by atoms with Gasteiger partial charge in [-0.15, -0.1) is 0 Å². The molecule has 4 N–H and O–H groups in total. The van der Waals surface area contributed by atoms with Crippen LogP contribution in [0.4, 0.5) is 11.4 Å². The molecule has 6 nitrogen and oxygen atoms in total.